The number of anilines is 1. The van der Waals surface area contributed by atoms with Gasteiger partial charge in [0.1, 0.15) is 12.1 Å². The van der Waals surface area contributed by atoms with Gasteiger partial charge in [-0.05, 0) is 46.9 Å². The zero-order valence-corrected chi connectivity index (χ0v) is 17.4. The molecule has 1 heterocycles. The summed E-state index contributed by atoms with van der Waals surface area (Å²) >= 11 is 0. The van der Waals surface area contributed by atoms with E-state index in [4.69, 9.17) is 4.74 Å². The van der Waals surface area contributed by atoms with Crippen molar-refractivity contribution in [1.82, 2.24) is 9.55 Å². The molecule has 0 spiro atoms. The van der Waals surface area contributed by atoms with Gasteiger partial charge in [0.2, 0.25) is 0 Å². The molecule has 0 radical (unpaired) electrons. The Bertz CT molecular complexity index is 1120. The largest absolute Gasteiger partial charge is 0.497 e. The molecule has 1 aromatic heterocycles. The van der Waals surface area contributed by atoms with Crippen molar-refractivity contribution in [3.05, 3.63) is 84.2 Å². The van der Waals surface area contributed by atoms with Gasteiger partial charge in [0, 0.05) is 18.3 Å². The first-order valence-corrected chi connectivity index (χ1v) is 9.89. The molecule has 29 heavy (non-hydrogen) atoms. The summed E-state index contributed by atoms with van der Waals surface area (Å²) in [5, 5.41) is 3.51. The van der Waals surface area contributed by atoms with E-state index in [9.17, 15) is 0 Å². The van der Waals surface area contributed by atoms with E-state index in [1.54, 1.807) is 7.11 Å². The molecular weight excluding hydrogens is 358 g/mol. The summed E-state index contributed by atoms with van der Waals surface area (Å²) in [6.07, 6.45) is 1.86. The van der Waals surface area contributed by atoms with E-state index in [1.165, 1.54) is 11.1 Å². The van der Waals surface area contributed by atoms with Crippen molar-refractivity contribution in [3.63, 3.8) is 0 Å². The number of hydrogen-bond acceptors (Lipinski definition) is 3. The Labute approximate surface area is 172 Å². The third-order valence-electron chi connectivity index (χ3n) is 5.20. The summed E-state index contributed by atoms with van der Waals surface area (Å²) in [6, 6.07) is 23.1. The van der Waals surface area contributed by atoms with Crippen LogP contribution in [0.5, 0.6) is 5.75 Å². The molecule has 4 aromatic rings. The SMILES string of the molecule is COc1cccc(-n2cnc3cc(NCc4ccc(C(C)(C)C)cc4)ccc32)c1. The molecule has 0 bridgehead atoms. The maximum atomic E-state index is 5.34. The molecule has 3 aromatic carbocycles. The molecular formula is C25H27N3O. The monoisotopic (exact) mass is 385 g/mol. The molecule has 0 aliphatic heterocycles. The molecule has 0 unspecified atom stereocenters. The Hall–Kier alpha value is -3.27. The second-order valence-corrected chi connectivity index (χ2v) is 8.32. The van der Waals surface area contributed by atoms with Crippen LogP contribution >= 0.6 is 0 Å². The average molecular weight is 386 g/mol. The number of nitrogens with zero attached hydrogens (tertiary/aromatic N) is 2. The Morgan fingerprint density at radius 3 is 2.48 bits per heavy atom. The van der Waals surface area contributed by atoms with Gasteiger partial charge in [0.25, 0.3) is 0 Å². The average Bonchev–Trinajstić information content (AvgIpc) is 3.15. The van der Waals surface area contributed by atoms with Gasteiger partial charge in [-0.3, -0.25) is 4.57 Å². The molecule has 0 aliphatic rings. The first kappa shape index (κ1) is 19.1. The highest BCUT2D eigenvalue weighted by molar-refractivity contribution is 5.81. The van der Waals surface area contributed by atoms with Gasteiger partial charge >= 0.3 is 0 Å². The second kappa shape index (κ2) is 7.63. The molecule has 0 saturated carbocycles. The van der Waals surface area contributed by atoms with E-state index in [-0.39, 0.29) is 5.41 Å². The quantitative estimate of drug-likeness (QED) is 0.462. The lowest BCUT2D eigenvalue weighted by Crippen LogP contribution is -2.11. The van der Waals surface area contributed by atoms with Crippen LogP contribution in [0.2, 0.25) is 0 Å². The van der Waals surface area contributed by atoms with Crippen LogP contribution in [0, 0.1) is 0 Å². The van der Waals surface area contributed by atoms with Gasteiger partial charge in [-0.15, -0.1) is 0 Å². The minimum atomic E-state index is 0.179. The number of hydrogen-bond donors (Lipinski definition) is 1. The van der Waals surface area contributed by atoms with Crippen molar-refractivity contribution in [1.29, 1.82) is 0 Å². The molecule has 0 amide bonds. The minimum Gasteiger partial charge on any atom is -0.497 e. The highest BCUT2D eigenvalue weighted by Crippen LogP contribution is 2.25. The first-order valence-electron chi connectivity index (χ1n) is 9.89. The van der Waals surface area contributed by atoms with E-state index in [2.05, 4.69) is 84.2 Å². The van der Waals surface area contributed by atoms with Crippen LogP contribution in [0.4, 0.5) is 5.69 Å². The molecule has 1 N–H and O–H groups in total. The van der Waals surface area contributed by atoms with Gasteiger partial charge in [0.15, 0.2) is 0 Å². The Morgan fingerprint density at radius 2 is 1.76 bits per heavy atom. The lowest BCUT2D eigenvalue weighted by atomic mass is 9.87. The van der Waals surface area contributed by atoms with Gasteiger partial charge in [-0.25, -0.2) is 4.98 Å². The van der Waals surface area contributed by atoms with E-state index < -0.39 is 0 Å². The molecule has 0 aliphatic carbocycles. The first-order chi connectivity index (χ1) is 13.9. The Balaban J connectivity index is 1.51. The van der Waals surface area contributed by atoms with Crippen LogP contribution in [0.15, 0.2) is 73.1 Å². The number of aromatic nitrogens is 2. The maximum absolute atomic E-state index is 5.34. The normalized spacial score (nSPS) is 11.6. The number of nitrogens with one attached hydrogen (secondary N) is 1. The summed E-state index contributed by atoms with van der Waals surface area (Å²) in [5.74, 6) is 0.833. The fourth-order valence-corrected chi connectivity index (χ4v) is 3.42. The van der Waals surface area contributed by atoms with Gasteiger partial charge in [0.05, 0.1) is 23.8 Å². The third kappa shape index (κ3) is 4.11. The smallest absolute Gasteiger partial charge is 0.120 e. The van der Waals surface area contributed by atoms with Crippen molar-refractivity contribution in [2.45, 2.75) is 32.7 Å². The lowest BCUT2D eigenvalue weighted by molar-refractivity contribution is 0.414. The van der Waals surface area contributed by atoms with Crippen LogP contribution in [-0.4, -0.2) is 16.7 Å². The topological polar surface area (TPSA) is 39.1 Å². The molecule has 4 nitrogen and oxygen atoms in total. The molecule has 4 rings (SSSR count). The molecule has 0 atom stereocenters. The standard InChI is InChI=1S/C25H27N3O/c1-25(2,3)19-10-8-18(9-11-19)16-26-20-12-13-24-23(14-20)27-17-28(24)21-6-5-7-22(15-21)29-4/h5-15,17,26H,16H2,1-4H3. The summed E-state index contributed by atoms with van der Waals surface area (Å²) in [4.78, 5) is 4.59. The molecule has 4 heteroatoms. The van der Waals surface area contributed by atoms with E-state index in [0.717, 1.165) is 34.7 Å². The Kier molecular flexibility index (Phi) is 5.01. The third-order valence-corrected chi connectivity index (χ3v) is 5.20. The van der Waals surface area contributed by atoms with Gasteiger partial charge in [-0.1, -0.05) is 51.1 Å². The van der Waals surface area contributed by atoms with E-state index >= 15 is 0 Å². The summed E-state index contributed by atoms with van der Waals surface area (Å²) in [6.45, 7) is 7.49. The highest BCUT2D eigenvalue weighted by atomic mass is 16.5. The highest BCUT2D eigenvalue weighted by Gasteiger charge is 2.12. The Morgan fingerprint density at radius 1 is 0.966 bits per heavy atom. The van der Waals surface area contributed by atoms with Crippen molar-refractivity contribution < 1.29 is 4.74 Å². The van der Waals surface area contributed by atoms with Crippen LogP contribution in [0.25, 0.3) is 16.7 Å². The number of benzene rings is 3. The van der Waals surface area contributed by atoms with Gasteiger partial charge < -0.3 is 10.1 Å². The minimum absolute atomic E-state index is 0.179. The predicted molar refractivity (Wildman–Crippen MR) is 120 cm³/mol. The fourth-order valence-electron chi connectivity index (χ4n) is 3.42. The van der Waals surface area contributed by atoms with Crippen molar-refractivity contribution >= 4 is 16.7 Å². The summed E-state index contributed by atoms with van der Waals surface area (Å²) in [5.41, 5.74) is 6.92. The summed E-state index contributed by atoms with van der Waals surface area (Å²) in [7, 11) is 1.68. The number of ether oxygens (including phenoxy) is 1. The van der Waals surface area contributed by atoms with Gasteiger partial charge in [-0.2, -0.15) is 0 Å². The lowest BCUT2D eigenvalue weighted by Gasteiger charge is -2.19. The van der Waals surface area contributed by atoms with Crippen LogP contribution in [-0.2, 0) is 12.0 Å². The second-order valence-electron chi connectivity index (χ2n) is 8.32. The van der Waals surface area contributed by atoms with E-state index in [0.29, 0.717) is 0 Å². The van der Waals surface area contributed by atoms with E-state index in [1.807, 2.05) is 24.5 Å². The van der Waals surface area contributed by atoms with Crippen molar-refractivity contribution in [3.8, 4) is 11.4 Å². The van der Waals surface area contributed by atoms with Crippen LogP contribution in [0.3, 0.4) is 0 Å². The van der Waals surface area contributed by atoms with Crippen LogP contribution < -0.4 is 10.1 Å². The molecule has 0 fully saturated rings. The molecule has 0 saturated heterocycles. The predicted octanol–water partition coefficient (Wildman–Crippen LogP) is 5.94. The molecule has 148 valence electrons. The zero-order valence-electron chi connectivity index (χ0n) is 17.4. The van der Waals surface area contributed by atoms with Crippen LogP contribution in [0.1, 0.15) is 31.9 Å². The number of methoxy groups -OCH3 is 1. The number of fused-ring (bicyclic) bond motifs is 1. The van der Waals surface area contributed by atoms with Crippen molar-refractivity contribution in [2.24, 2.45) is 0 Å². The summed E-state index contributed by atoms with van der Waals surface area (Å²) < 4.78 is 7.42. The number of imidazole rings is 1. The fraction of sp³-hybridized carbons (Fsp3) is 0.240. The van der Waals surface area contributed by atoms with Crippen molar-refractivity contribution in [2.75, 3.05) is 12.4 Å². The zero-order chi connectivity index (χ0) is 20.4. The maximum Gasteiger partial charge on any atom is 0.120 e. The number of rotatable bonds is 5.